The van der Waals surface area contributed by atoms with Gasteiger partial charge in [0.15, 0.2) is 0 Å². The predicted octanol–water partition coefficient (Wildman–Crippen LogP) is 2.43. The van der Waals surface area contributed by atoms with Crippen LogP contribution in [-0.4, -0.2) is 46.7 Å². The molecule has 0 spiro atoms. The Bertz CT molecular complexity index is 1200. The van der Waals surface area contributed by atoms with E-state index < -0.39 is 26.0 Å². The SMILES string of the molecule is CCOc1ccc(S(=O)(=O)N2CCC[C@@H](C(=O)Nc3ccc(S(N)(=O)=O)cc3)C2)cc1Cl. The zero-order chi connectivity index (χ0) is 23.5. The lowest BCUT2D eigenvalue weighted by molar-refractivity contribution is -0.120. The molecule has 1 amide bonds. The number of sulfonamides is 2. The molecule has 1 aliphatic heterocycles. The lowest BCUT2D eigenvalue weighted by atomic mass is 9.99. The quantitative estimate of drug-likeness (QED) is 0.598. The number of piperidine rings is 1. The van der Waals surface area contributed by atoms with Crippen molar-refractivity contribution in [2.45, 2.75) is 29.6 Å². The molecule has 2 aromatic carbocycles. The summed E-state index contributed by atoms with van der Waals surface area (Å²) >= 11 is 6.14. The molecule has 0 unspecified atom stereocenters. The van der Waals surface area contributed by atoms with E-state index in [4.69, 9.17) is 21.5 Å². The van der Waals surface area contributed by atoms with E-state index in [1.807, 2.05) is 0 Å². The minimum absolute atomic E-state index is 0.0221. The van der Waals surface area contributed by atoms with Gasteiger partial charge < -0.3 is 10.1 Å². The van der Waals surface area contributed by atoms with Crippen LogP contribution in [0.4, 0.5) is 5.69 Å². The van der Waals surface area contributed by atoms with Crippen LogP contribution in [0.25, 0.3) is 0 Å². The van der Waals surface area contributed by atoms with Gasteiger partial charge in [0.2, 0.25) is 26.0 Å². The average Bonchev–Trinajstić information content (AvgIpc) is 2.75. The number of amides is 1. The fourth-order valence-electron chi connectivity index (χ4n) is 3.41. The second-order valence-corrected chi connectivity index (χ2v) is 11.2. The minimum Gasteiger partial charge on any atom is -0.492 e. The van der Waals surface area contributed by atoms with E-state index in [0.29, 0.717) is 37.4 Å². The number of benzene rings is 2. The predicted molar refractivity (Wildman–Crippen MR) is 121 cm³/mol. The third-order valence-corrected chi connectivity index (χ3v) is 8.13. The monoisotopic (exact) mass is 501 g/mol. The maximum absolute atomic E-state index is 13.1. The Kier molecular flexibility index (Phi) is 7.46. The van der Waals surface area contributed by atoms with Crippen LogP contribution in [0.3, 0.4) is 0 Å². The second kappa shape index (κ2) is 9.75. The third kappa shape index (κ3) is 5.59. The van der Waals surface area contributed by atoms with Crippen LogP contribution < -0.4 is 15.2 Å². The van der Waals surface area contributed by atoms with Crippen molar-refractivity contribution in [3.63, 3.8) is 0 Å². The Labute approximate surface area is 192 Å². The van der Waals surface area contributed by atoms with Crippen LogP contribution in [0.2, 0.25) is 5.02 Å². The van der Waals surface area contributed by atoms with E-state index in [0.717, 1.165) is 0 Å². The number of rotatable bonds is 7. The summed E-state index contributed by atoms with van der Waals surface area (Å²) in [5.74, 6) is -0.509. The van der Waals surface area contributed by atoms with Crippen LogP contribution in [0.15, 0.2) is 52.3 Å². The zero-order valence-corrected chi connectivity index (χ0v) is 19.7. The molecule has 0 aliphatic carbocycles. The molecule has 9 nitrogen and oxygen atoms in total. The van der Waals surface area contributed by atoms with Gasteiger partial charge in [-0.25, -0.2) is 22.0 Å². The standard InChI is InChI=1S/C20H24ClN3O6S2/c1-2-30-19-10-9-17(12-18(19)21)32(28,29)24-11-3-4-14(13-24)20(25)23-15-5-7-16(8-6-15)31(22,26)27/h5-10,12,14H,2-4,11,13H2,1H3,(H,23,25)(H2,22,26,27)/t14-/m1/s1. The number of nitrogens with one attached hydrogen (secondary N) is 1. The highest BCUT2D eigenvalue weighted by Crippen LogP contribution is 2.30. The molecular weight excluding hydrogens is 478 g/mol. The summed E-state index contributed by atoms with van der Waals surface area (Å²) in [4.78, 5) is 12.7. The first-order valence-electron chi connectivity index (χ1n) is 9.88. The highest BCUT2D eigenvalue weighted by molar-refractivity contribution is 7.89. The summed E-state index contributed by atoms with van der Waals surface area (Å²) in [6.45, 7) is 2.52. The summed E-state index contributed by atoms with van der Waals surface area (Å²) < 4.78 is 55.5. The Morgan fingerprint density at radius 3 is 2.41 bits per heavy atom. The number of halogens is 1. The number of nitrogens with two attached hydrogens (primary N) is 1. The molecule has 1 fully saturated rings. The number of hydrogen-bond donors (Lipinski definition) is 2. The molecule has 3 N–H and O–H groups in total. The van der Waals surface area contributed by atoms with E-state index in [2.05, 4.69) is 5.32 Å². The Balaban J connectivity index is 1.71. The molecule has 0 saturated carbocycles. The molecular formula is C20H24ClN3O6S2. The first-order chi connectivity index (χ1) is 15.0. The smallest absolute Gasteiger partial charge is 0.243 e. The Morgan fingerprint density at radius 1 is 1.16 bits per heavy atom. The van der Waals surface area contributed by atoms with Gasteiger partial charge in [0, 0.05) is 18.8 Å². The Hall–Kier alpha value is -2.18. The van der Waals surface area contributed by atoms with Crippen molar-refractivity contribution >= 4 is 43.2 Å². The molecule has 3 rings (SSSR count). The van der Waals surface area contributed by atoms with Crippen molar-refractivity contribution in [3.8, 4) is 5.75 Å². The van der Waals surface area contributed by atoms with Gasteiger partial charge in [0.05, 0.1) is 27.3 Å². The number of anilines is 1. The summed E-state index contributed by atoms with van der Waals surface area (Å²) in [6.07, 6.45) is 1.05. The van der Waals surface area contributed by atoms with Crippen LogP contribution in [0.1, 0.15) is 19.8 Å². The highest BCUT2D eigenvalue weighted by atomic mass is 35.5. The summed E-state index contributed by atoms with van der Waals surface area (Å²) in [6, 6.07) is 9.73. The van der Waals surface area contributed by atoms with E-state index in [1.165, 1.54) is 46.8 Å². The van der Waals surface area contributed by atoms with Gasteiger partial charge in [0.1, 0.15) is 5.75 Å². The fourth-order valence-corrected chi connectivity index (χ4v) is 5.78. The fraction of sp³-hybridized carbons (Fsp3) is 0.350. The molecule has 174 valence electrons. The van der Waals surface area contributed by atoms with E-state index in [-0.39, 0.29) is 27.3 Å². The van der Waals surface area contributed by atoms with Crippen molar-refractivity contribution < 1.29 is 26.4 Å². The van der Waals surface area contributed by atoms with E-state index in [1.54, 1.807) is 6.92 Å². The van der Waals surface area contributed by atoms with E-state index >= 15 is 0 Å². The number of carbonyl (C=O) groups excluding carboxylic acids is 1. The van der Waals surface area contributed by atoms with Crippen molar-refractivity contribution in [2.75, 3.05) is 25.0 Å². The van der Waals surface area contributed by atoms with Crippen LogP contribution >= 0.6 is 11.6 Å². The number of carbonyl (C=O) groups is 1. The molecule has 1 aliphatic rings. The molecule has 2 aromatic rings. The molecule has 0 bridgehead atoms. The normalized spacial score (nSPS) is 17.7. The molecule has 1 saturated heterocycles. The van der Waals surface area contributed by atoms with Gasteiger partial charge in [-0.2, -0.15) is 4.31 Å². The van der Waals surface area contributed by atoms with Crippen molar-refractivity contribution in [2.24, 2.45) is 11.1 Å². The molecule has 1 heterocycles. The zero-order valence-electron chi connectivity index (χ0n) is 17.3. The average molecular weight is 502 g/mol. The highest BCUT2D eigenvalue weighted by Gasteiger charge is 2.33. The van der Waals surface area contributed by atoms with Gasteiger partial charge >= 0.3 is 0 Å². The summed E-state index contributed by atoms with van der Waals surface area (Å²) in [5.41, 5.74) is 0.390. The third-order valence-electron chi connectivity index (χ3n) is 5.05. The van der Waals surface area contributed by atoms with Crippen molar-refractivity contribution in [1.29, 1.82) is 0 Å². The van der Waals surface area contributed by atoms with Crippen molar-refractivity contribution in [1.82, 2.24) is 4.31 Å². The number of hydrogen-bond acceptors (Lipinski definition) is 6. The number of nitrogens with zero attached hydrogens (tertiary/aromatic N) is 1. The van der Waals surface area contributed by atoms with Gasteiger partial charge in [-0.3, -0.25) is 4.79 Å². The Morgan fingerprint density at radius 2 is 1.81 bits per heavy atom. The number of primary sulfonamides is 1. The van der Waals surface area contributed by atoms with Crippen LogP contribution in [0.5, 0.6) is 5.75 Å². The van der Waals surface area contributed by atoms with E-state index in [9.17, 15) is 21.6 Å². The molecule has 0 radical (unpaired) electrons. The maximum atomic E-state index is 13.1. The van der Waals surface area contributed by atoms with Crippen LogP contribution in [-0.2, 0) is 24.8 Å². The number of ether oxygens (including phenoxy) is 1. The minimum atomic E-state index is -3.84. The van der Waals surface area contributed by atoms with Gasteiger partial charge in [-0.1, -0.05) is 11.6 Å². The molecule has 32 heavy (non-hydrogen) atoms. The largest absolute Gasteiger partial charge is 0.492 e. The van der Waals surface area contributed by atoms with Gasteiger partial charge in [0.25, 0.3) is 0 Å². The second-order valence-electron chi connectivity index (χ2n) is 7.29. The molecule has 12 heteroatoms. The summed E-state index contributed by atoms with van der Waals surface area (Å²) in [7, 11) is -7.68. The first-order valence-corrected chi connectivity index (χ1v) is 13.2. The van der Waals surface area contributed by atoms with Crippen molar-refractivity contribution in [3.05, 3.63) is 47.5 Å². The maximum Gasteiger partial charge on any atom is 0.243 e. The first kappa shape index (κ1) is 24.5. The van der Waals surface area contributed by atoms with Gasteiger partial charge in [-0.15, -0.1) is 0 Å². The molecule has 0 aromatic heterocycles. The lowest BCUT2D eigenvalue weighted by Gasteiger charge is -2.31. The topological polar surface area (TPSA) is 136 Å². The lowest BCUT2D eigenvalue weighted by Crippen LogP contribution is -2.43. The van der Waals surface area contributed by atoms with Gasteiger partial charge in [-0.05, 0) is 62.2 Å². The van der Waals surface area contributed by atoms with Crippen LogP contribution in [0, 0.1) is 5.92 Å². The summed E-state index contributed by atoms with van der Waals surface area (Å²) in [5, 5.41) is 7.96. The molecule has 1 atom stereocenters.